The van der Waals surface area contributed by atoms with Crippen LogP contribution < -0.4 is 10.1 Å². The third-order valence-electron chi connectivity index (χ3n) is 2.98. The number of hydrogen-bond donors (Lipinski definition) is 1. The van der Waals surface area contributed by atoms with Gasteiger partial charge in [0.15, 0.2) is 0 Å². The number of nitrogens with one attached hydrogen (secondary N) is 1. The van der Waals surface area contributed by atoms with Crippen LogP contribution in [0.2, 0.25) is 0 Å². The van der Waals surface area contributed by atoms with Crippen LogP contribution in [-0.4, -0.2) is 22.3 Å². The molecule has 1 aromatic carbocycles. The van der Waals surface area contributed by atoms with Gasteiger partial charge in [-0.3, -0.25) is 4.98 Å². The van der Waals surface area contributed by atoms with Crippen LogP contribution in [0.4, 0.5) is 11.7 Å². The molecule has 21 heavy (non-hydrogen) atoms. The first-order valence-corrected chi connectivity index (χ1v) is 6.42. The van der Waals surface area contributed by atoms with Gasteiger partial charge in [-0.15, -0.1) is 5.10 Å². The molecule has 6 heteroatoms. The molecule has 0 aliphatic carbocycles. The third-order valence-corrected chi connectivity index (χ3v) is 2.98. The lowest BCUT2D eigenvalue weighted by Crippen LogP contribution is -1.93. The highest BCUT2D eigenvalue weighted by atomic mass is 16.5. The Labute approximate surface area is 121 Å². The third kappa shape index (κ3) is 2.84. The Morgan fingerprint density at radius 1 is 1.19 bits per heavy atom. The second-order valence-corrected chi connectivity index (χ2v) is 4.46. The fraction of sp³-hybridized carbons (Fsp3) is 0.133. The summed E-state index contributed by atoms with van der Waals surface area (Å²) >= 11 is 0. The first-order valence-electron chi connectivity index (χ1n) is 6.42. The summed E-state index contributed by atoms with van der Waals surface area (Å²) in [5.41, 5.74) is 2.66. The molecule has 0 atom stereocenters. The van der Waals surface area contributed by atoms with Gasteiger partial charge in [-0.25, -0.2) is 0 Å². The van der Waals surface area contributed by atoms with E-state index in [0.717, 1.165) is 22.6 Å². The van der Waals surface area contributed by atoms with Gasteiger partial charge in [0, 0.05) is 18.1 Å². The molecule has 0 bridgehead atoms. The van der Waals surface area contributed by atoms with Crippen LogP contribution >= 0.6 is 0 Å². The SMILES string of the molecule is COc1ccc(Nc2nnc(-c3cccnc3)o2)cc1C. The molecule has 106 valence electrons. The maximum atomic E-state index is 5.57. The van der Waals surface area contributed by atoms with Crippen LogP contribution in [0.25, 0.3) is 11.5 Å². The van der Waals surface area contributed by atoms with Crippen molar-refractivity contribution < 1.29 is 9.15 Å². The van der Waals surface area contributed by atoms with Gasteiger partial charge >= 0.3 is 6.01 Å². The number of nitrogens with zero attached hydrogens (tertiary/aromatic N) is 3. The Kier molecular flexibility index (Phi) is 3.51. The van der Waals surface area contributed by atoms with Crippen molar-refractivity contribution in [2.24, 2.45) is 0 Å². The average Bonchev–Trinajstić information content (AvgIpc) is 2.97. The zero-order chi connectivity index (χ0) is 14.7. The zero-order valence-corrected chi connectivity index (χ0v) is 11.7. The number of benzene rings is 1. The summed E-state index contributed by atoms with van der Waals surface area (Å²) in [6.07, 6.45) is 3.37. The molecule has 0 fully saturated rings. The lowest BCUT2D eigenvalue weighted by molar-refractivity contribution is 0.412. The Hall–Kier alpha value is -2.89. The molecular weight excluding hydrogens is 268 g/mol. The van der Waals surface area contributed by atoms with E-state index in [4.69, 9.17) is 9.15 Å². The minimum atomic E-state index is 0.332. The van der Waals surface area contributed by atoms with Crippen molar-refractivity contribution in [3.05, 3.63) is 48.3 Å². The summed E-state index contributed by atoms with van der Waals surface area (Å²) in [7, 11) is 1.65. The van der Waals surface area contributed by atoms with E-state index in [1.807, 2.05) is 37.3 Å². The molecule has 0 saturated heterocycles. The molecule has 0 amide bonds. The van der Waals surface area contributed by atoms with E-state index in [0.29, 0.717) is 11.9 Å². The highest BCUT2D eigenvalue weighted by molar-refractivity contribution is 5.58. The normalized spacial score (nSPS) is 10.4. The molecule has 3 aromatic rings. The van der Waals surface area contributed by atoms with Gasteiger partial charge in [-0.05, 0) is 42.8 Å². The lowest BCUT2D eigenvalue weighted by Gasteiger charge is -2.06. The first kappa shape index (κ1) is 13.1. The predicted octanol–water partition coefficient (Wildman–Crippen LogP) is 3.19. The van der Waals surface area contributed by atoms with Gasteiger partial charge in [0.05, 0.1) is 12.7 Å². The second kappa shape index (κ2) is 5.62. The summed E-state index contributed by atoms with van der Waals surface area (Å²) in [5.74, 6) is 1.26. The van der Waals surface area contributed by atoms with E-state index in [2.05, 4.69) is 20.5 Å². The van der Waals surface area contributed by atoms with Gasteiger partial charge in [-0.2, -0.15) is 0 Å². The molecular formula is C15H14N4O2. The van der Waals surface area contributed by atoms with E-state index in [-0.39, 0.29) is 0 Å². The summed E-state index contributed by atoms with van der Waals surface area (Å²) in [5, 5.41) is 11.0. The Morgan fingerprint density at radius 3 is 2.81 bits per heavy atom. The summed E-state index contributed by atoms with van der Waals surface area (Å²) < 4.78 is 10.8. The number of anilines is 2. The molecule has 2 heterocycles. The molecule has 0 radical (unpaired) electrons. The van der Waals surface area contributed by atoms with Crippen molar-refractivity contribution >= 4 is 11.7 Å². The van der Waals surface area contributed by atoms with Crippen LogP contribution in [0.1, 0.15) is 5.56 Å². The van der Waals surface area contributed by atoms with Gasteiger partial charge in [0.25, 0.3) is 5.89 Å². The van der Waals surface area contributed by atoms with Crippen LogP contribution in [-0.2, 0) is 0 Å². The van der Waals surface area contributed by atoms with Crippen LogP contribution in [0.3, 0.4) is 0 Å². The van der Waals surface area contributed by atoms with E-state index in [1.165, 1.54) is 0 Å². The first-order chi connectivity index (χ1) is 10.3. The summed E-state index contributed by atoms with van der Waals surface area (Å²) in [6, 6.07) is 9.74. The number of hydrogen-bond acceptors (Lipinski definition) is 6. The zero-order valence-electron chi connectivity index (χ0n) is 11.7. The second-order valence-electron chi connectivity index (χ2n) is 4.46. The minimum Gasteiger partial charge on any atom is -0.496 e. The van der Waals surface area contributed by atoms with Crippen LogP contribution in [0.5, 0.6) is 5.75 Å². The summed E-state index contributed by atoms with van der Waals surface area (Å²) in [4.78, 5) is 4.02. The fourth-order valence-electron chi connectivity index (χ4n) is 1.96. The molecule has 0 aliphatic heterocycles. The topological polar surface area (TPSA) is 73.1 Å². The number of methoxy groups -OCH3 is 1. The van der Waals surface area contributed by atoms with Gasteiger partial charge in [-0.1, -0.05) is 5.10 Å². The van der Waals surface area contributed by atoms with Crippen LogP contribution in [0.15, 0.2) is 47.1 Å². The summed E-state index contributed by atoms with van der Waals surface area (Å²) in [6.45, 7) is 1.97. The Balaban J connectivity index is 1.80. The average molecular weight is 282 g/mol. The minimum absolute atomic E-state index is 0.332. The largest absolute Gasteiger partial charge is 0.496 e. The molecule has 3 rings (SSSR count). The van der Waals surface area contributed by atoms with Crippen molar-refractivity contribution in [3.8, 4) is 17.2 Å². The maximum absolute atomic E-state index is 5.57. The number of rotatable bonds is 4. The monoisotopic (exact) mass is 282 g/mol. The number of aromatic nitrogens is 3. The van der Waals surface area contributed by atoms with E-state index in [9.17, 15) is 0 Å². The Bertz CT molecular complexity index is 740. The molecule has 6 nitrogen and oxygen atoms in total. The van der Waals surface area contributed by atoms with Crippen LogP contribution in [0, 0.1) is 6.92 Å². The number of pyridine rings is 1. The maximum Gasteiger partial charge on any atom is 0.320 e. The molecule has 0 unspecified atom stereocenters. The van der Waals surface area contributed by atoms with Gasteiger partial charge in [0.2, 0.25) is 0 Å². The fourth-order valence-corrected chi connectivity index (χ4v) is 1.96. The number of ether oxygens (including phenoxy) is 1. The van der Waals surface area contributed by atoms with Gasteiger partial charge in [0.1, 0.15) is 5.75 Å². The molecule has 0 spiro atoms. The predicted molar refractivity (Wildman–Crippen MR) is 78.5 cm³/mol. The van der Waals surface area contributed by atoms with E-state index >= 15 is 0 Å². The smallest absolute Gasteiger partial charge is 0.320 e. The van der Waals surface area contributed by atoms with Crippen molar-refractivity contribution in [2.45, 2.75) is 6.92 Å². The Morgan fingerprint density at radius 2 is 2.10 bits per heavy atom. The lowest BCUT2D eigenvalue weighted by atomic mass is 10.2. The van der Waals surface area contributed by atoms with E-state index < -0.39 is 0 Å². The molecule has 1 N–H and O–H groups in total. The van der Waals surface area contributed by atoms with Crippen molar-refractivity contribution in [2.75, 3.05) is 12.4 Å². The van der Waals surface area contributed by atoms with Crippen molar-refractivity contribution in [1.29, 1.82) is 0 Å². The van der Waals surface area contributed by atoms with Crippen molar-refractivity contribution in [3.63, 3.8) is 0 Å². The molecule has 0 saturated carbocycles. The van der Waals surface area contributed by atoms with Gasteiger partial charge < -0.3 is 14.5 Å². The molecule has 2 aromatic heterocycles. The van der Waals surface area contributed by atoms with E-state index in [1.54, 1.807) is 19.5 Å². The standard InChI is InChI=1S/C15H14N4O2/c1-10-8-12(5-6-13(10)20-2)17-15-19-18-14(21-15)11-4-3-7-16-9-11/h3-9H,1-2H3,(H,17,19). The van der Waals surface area contributed by atoms with Crippen molar-refractivity contribution in [1.82, 2.24) is 15.2 Å². The molecule has 0 aliphatic rings. The highest BCUT2D eigenvalue weighted by Crippen LogP contribution is 2.25. The highest BCUT2D eigenvalue weighted by Gasteiger charge is 2.09. The quantitative estimate of drug-likeness (QED) is 0.792. The number of aryl methyl sites for hydroxylation is 1.